The van der Waals surface area contributed by atoms with E-state index in [1.807, 2.05) is 72.7 Å². The number of amides is 1. The lowest BCUT2D eigenvalue weighted by Crippen LogP contribution is -2.53. The maximum Gasteiger partial charge on any atom is 0.407 e. The van der Waals surface area contributed by atoms with Crippen molar-refractivity contribution in [3.63, 3.8) is 0 Å². The number of ether oxygens (including phenoxy) is 5. The summed E-state index contributed by atoms with van der Waals surface area (Å²) in [6.07, 6.45) is -1.73. The Balaban J connectivity index is 0.000000665. The van der Waals surface area contributed by atoms with E-state index in [4.69, 9.17) is 23.7 Å². The van der Waals surface area contributed by atoms with E-state index in [-0.39, 0.29) is 60.3 Å². The number of hydrogen-bond donors (Lipinski definition) is 3. The topological polar surface area (TPSA) is 179 Å². The van der Waals surface area contributed by atoms with Gasteiger partial charge in [0.05, 0.1) is 62.9 Å². The Morgan fingerprint density at radius 2 is 1.66 bits per heavy atom. The molecule has 0 saturated carbocycles. The molecule has 0 aliphatic carbocycles. The molecule has 2 aliphatic rings. The van der Waals surface area contributed by atoms with Gasteiger partial charge in [0.2, 0.25) is 10.0 Å². The molecule has 0 radical (unpaired) electrons. The fourth-order valence-electron chi connectivity index (χ4n) is 6.08. The van der Waals surface area contributed by atoms with E-state index in [1.54, 1.807) is 25.5 Å². The second-order valence-corrected chi connectivity index (χ2v) is 21.7. The number of anilines is 1. The van der Waals surface area contributed by atoms with Gasteiger partial charge in [-0.25, -0.2) is 13.2 Å². The highest BCUT2D eigenvalue weighted by Crippen LogP contribution is 2.40. The number of benzene rings is 2. The van der Waals surface area contributed by atoms with Crippen LogP contribution in [-0.4, -0.2) is 114 Å². The molecule has 2 aliphatic heterocycles. The van der Waals surface area contributed by atoms with Crippen LogP contribution in [0.25, 0.3) is 0 Å². The number of sulfonamides is 1. The molecule has 0 unspecified atom stereocenters. The van der Waals surface area contributed by atoms with Crippen molar-refractivity contribution in [2.75, 3.05) is 65.2 Å². The predicted molar refractivity (Wildman–Crippen MR) is 217 cm³/mol. The van der Waals surface area contributed by atoms with Crippen molar-refractivity contribution in [2.24, 2.45) is 23.2 Å². The van der Waals surface area contributed by atoms with Crippen molar-refractivity contribution < 1.29 is 51.4 Å². The zero-order chi connectivity index (χ0) is 41.8. The minimum Gasteiger partial charge on any atom is -0.497 e. The molecule has 4 rings (SSSR count). The number of hydrogen-bond acceptors (Lipinski definition) is 12. The van der Waals surface area contributed by atoms with Gasteiger partial charge in [-0.2, -0.15) is 4.31 Å². The molecule has 56 heavy (non-hydrogen) atoms. The summed E-state index contributed by atoms with van der Waals surface area (Å²) in [5.41, 5.74) is 1.66. The number of aliphatic hydroxyl groups is 1. The van der Waals surface area contributed by atoms with E-state index in [2.05, 4.69) is 10.6 Å². The van der Waals surface area contributed by atoms with Gasteiger partial charge in [0.1, 0.15) is 11.9 Å². The first-order valence-corrected chi connectivity index (χ1v) is 23.4. The van der Waals surface area contributed by atoms with Gasteiger partial charge >= 0.3 is 12.1 Å². The molecule has 1 amide bonds. The summed E-state index contributed by atoms with van der Waals surface area (Å²) >= 11 is 0. The maximum atomic E-state index is 13.7. The molecule has 6 atom stereocenters. The van der Waals surface area contributed by atoms with Gasteiger partial charge in [-0.3, -0.25) is 4.79 Å². The number of alkyl carbamates (subject to hydrolysis) is 1. The van der Waals surface area contributed by atoms with Crippen LogP contribution >= 0.6 is 7.14 Å². The number of aliphatic hydroxyl groups excluding tert-OH is 1. The van der Waals surface area contributed by atoms with Crippen molar-refractivity contribution in [1.82, 2.24) is 9.62 Å². The van der Waals surface area contributed by atoms with Crippen molar-refractivity contribution in [1.29, 1.82) is 0 Å². The summed E-state index contributed by atoms with van der Waals surface area (Å²) in [4.78, 5) is 24.3. The molecule has 0 bridgehead atoms. The fourth-order valence-corrected chi connectivity index (χ4v) is 8.79. The van der Waals surface area contributed by atoms with Crippen molar-refractivity contribution in [3.8, 4) is 5.75 Å². The van der Waals surface area contributed by atoms with E-state index in [0.717, 1.165) is 5.56 Å². The highest BCUT2D eigenvalue weighted by Gasteiger charge is 2.44. The van der Waals surface area contributed by atoms with Gasteiger partial charge in [0.25, 0.3) is 0 Å². The number of carbonyl (C=O) groups excluding carboxylic acids is 2. The summed E-state index contributed by atoms with van der Waals surface area (Å²) in [5.74, 6) is 0.299. The average molecular weight is 826 g/mol. The molecule has 316 valence electrons. The molecule has 2 aromatic carbocycles. The Morgan fingerprint density at radius 3 is 2.21 bits per heavy atom. The smallest absolute Gasteiger partial charge is 0.407 e. The van der Waals surface area contributed by atoms with Gasteiger partial charge < -0.3 is 44.0 Å². The third-order valence-electron chi connectivity index (χ3n) is 9.65. The Bertz CT molecular complexity index is 1700. The molecule has 2 heterocycles. The first-order chi connectivity index (χ1) is 26.1. The number of esters is 1. The Hall–Kier alpha value is -3.20. The molecule has 2 aromatic rings. The third kappa shape index (κ3) is 14.6. The standard InChI is InChI=1S/C31H46N3O9PS.C9H18O2/c1-21(2)17-34(45(38,39)25-12-10-24(40-3)11-13-25)18-28(35)27(16-32-23-8-6-22(7-9-23)20-44(4,5)37)33-31(36)43-29-19-42-30-26(29)14-15-41-30;1-6-11-8(10)7(2)9(3,4)5/h6-13,21,26-30,32,35H,14-20H2,1-5H3,(H,33,36);7H,6H2,1-5H3/t26-,27-,28+,29-,30+;7-/m00/s1. The molecule has 2 saturated heterocycles. The van der Waals surface area contributed by atoms with E-state index >= 15 is 0 Å². The molecular weight excluding hydrogens is 761 g/mol. The van der Waals surface area contributed by atoms with Gasteiger partial charge in [-0.15, -0.1) is 0 Å². The number of nitrogens with one attached hydrogen (secondary N) is 2. The normalized spacial score (nSPS) is 20.0. The van der Waals surface area contributed by atoms with Crippen LogP contribution in [-0.2, 0) is 44.5 Å². The zero-order valence-electron chi connectivity index (χ0n) is 34.6. The number of fused-ring (bicyclic) bond motifs is 1. The number of methoxy groups -OCH3 is 1. The zero-order valence-corrected chi connectivity index (χ0v) is 36.4. The molecular formula is C40H64N3O11PS. The van der Waals surface area contributed by atoms with Gasteiger partial charge in [-0.05, 0) is 80.0 Å². The molecule has 3 N–H and O–H groups in total. The lowest BCUT2D eigenvalue weighted by molar-refractivity contribution is -0.150. The largest absolute Gasteiger partial charge is 0.497 e. The number of rotatable bonds is 17. The van der Waals surface area contributed by atoms with Crippen molar-refractivity contribution in [3.05, 3.63) is 54.1 Å². The highest BCUT2D eigenvalue weighted by atomic mass is 32.2. The summed E-state index contributed by atoms with van der Waals surface area (Å²) in [6.45, 7) is 18.3. The fraction of sp³-hybridized carbons (Fsp3) is 0.650. The van der Waals surface area contributed by atoms with Gasteiger partial charge in [0.15, 0.2) is 6.29 Å². The second kappa shape index (κ2) is 21.0. The van der Waals surface area contributed by atoms with Crippen LogP contribution in [0, 0.1) is 23.2 Å². The van der Waals surface area contributed by atoms with Crippen LogP contribution in [0.4, 0.5) is 10.5 Å². The maximum absolute atomic E-state index is 13.7. The monoisotopic (exact) mass is 825 g/mol. The lowest BCUT2D eigenvalue weighted by Gasteiger charge is -2.31. The van der Waals surface area contributed by atoms with Gasteiger partial charge in [-0.1, -0.05) is 53.7 Å². The van der Waals surface area contributed by atoms with Crippen molar-refractivity contribution >= 4 is 34.9 Å². The molecule has 14 nitrogen and oxygen atoms in total. The lowest BCUT2D eigenvalue weighted by atomic mass is 9.82. The summed E-state index contributed by atoms with van der Waals surface area (Å²) in [5, 5.41) is 17.5. The van der Waals surface area contributed by atoms with Crippen LogP contribution < -0.4 is 15.4 Å². The summed E-state index contributed by atoms with van der Waals surface area (Å²) in [7, 11) is -4.73. The number of nitrogens with zero attached hydrogens (tertiary/aromatic N) is 1. The molecule has 0 spiro atoms. The van der Waals surface area contributed by atoms with Crippen LogP contribution in [0.1, 0.15) is 60.5 Å². The first kappa shape index (κ1) is 47.2. The summed E-state index contributed by atoms with van der Waals surface area (Å²) in [6, 6.07) is 12.6. The predicted octanol–water partition coefficient (Wildman–Crippen LogP) is 6.03. The average Bonchev–Trinajstić information content (AvgIpc) is 3.74. The Kier molecular flexibility index (Phi) is 17.7. The minimum absolute atomic E-state index is 0.00620. The summed E-state index contributed by atoms with van der Waals surface area (Å²) < 4.78 is 67.7. The van der Waals surface area contributed by atoms with Gasteiger partial charge in [0, 0.05) is 31.5 Å². The van der Waals surface area contributed by atoms with Crippen LogP contribution in [0.5, 0.6) is 5.75 Å². The van der Waals surface area contributed by atoms with Crippen molar-refractivity contribution in [2.45, 2.75) is 90.5 Å². The first-order valence-electron chi connectivity index (χ1n) is 19.2. The number of carbonyl (C=O) groups is 2. The van der Waals surface area contributed by atoms with Crippen LogP contribution in [0.2, 0.25) is 0 Å². The second-order valence-electron chi connectivity index (χ2n) is 16.3. The van der Waals surface area contributed by atoms with E-state index in [0.29, 0.717) is 37.2 Å². The quantitative estimate of drug-likeness (QED) is 0.125. The molecule has 0 aromatic heterocycles. The molecule has 16 heteroatoms. The van der Waals surface area contributed by atoms with Crippen LogP contribution in [0.15, 0.2) is 53.4 Å². The Morgan fingerprint density at radius 1 is 1.02 bits per heavy atom. The van der Waals surface area contributed by atoms with Crippen LogP contribution in [0.3, 0.4) is 0 Å². The SMILES string of the molecule is CCOC(=O)[C@H](C)C(C)(C)C.COc1ccc(S(=O)(=O)N(CC(C)C)C[C@@H](O)[C@H](CNc2ccc(CP(C)(C)=O)cc2)NC(=O)O[C@H]2CO[C@H]3OCC[C@H]32)cc1. The van der Waals surface area contributed by atoms with E-state index in [1.165, 1.54) is 23.5 Å². The third-order valence-corrected chi connectivity index (χ3v) is 12.6. The van der Waals surface area contributed by atoms with E-state index < -0.39 is 47.8 Å². The Labute approximate surface area is 333 Å². The van der Waals surface area contributed by atoms with E-state index in [9.17, 15) is 27.7 Å². The minimum atomic E-state index is -3.99. The molecule has 2 fully saturated rings. The highest BCUT2D eigenvalue weighted by molar-refractivity contribution is 7.89.